The number of hydrogen-bond acceptors (Lipinski definition) is 3. The van der Waals surface area contributed by atoms with E-state index in [1.54, 1.807) is 37.3 Å². The molecule has 0 aromatic heterocycles. The first-order valence-electron chi connectivity index (χ1n) is 5.04. The SMILES string of the molecule is CC(=O)/C=C\C(C)OC(=O)c1ccccc1. The molecule has 1 unspecified atom stereocenters. The topological polar surface area (TPSA) is 43.4 Å². The first-order chi connectivity index (χ1) is 7.59. The molecule has 3 heteroatoms. The summed E-state index contributed by atoms with van der Waals surface area (Å²) >= 11 is 0. The number of allylic oxidation sites excluding steroid dienone is 1. The molecule has 0 saturated carbocycles. The van der Waals surface area contributed by atoms with Crippen molar-refractivity contribution in [2.24, 2.45) is 0 Å². The van der Waals surface area contributed by atoms with Crippen molar-refractivity contribution in [3.8, 4) is 0 Å². The number of carbonyl (C=O) groups excluding carboxylic acids is 2. The number of carbonyl (C=O) groups is 2. The van der Waals surface area contributed by atoms with Gasteiger partial charge >= 0.3 is 5.97 Å². The van der Waals surface area contributed by atoms with E-state index in [0.29, 0.717) is 5.56 Å². The van der Waals surface area contributed by atoms with Gasteiger partial charge in [-0.3, -0.25) is 4.79 Å². The highest BCUT2D eigenvalue weighted by atomic mass is 16.5. The zero-order valence-electron chi connectivity index (χ0n) is 9.34. The van der Waals surface area contributed by atoms with Crippen LogP contribution < -0.4 is 0 Å². The van der Waals surface area contributed by atoms with Gasteiger partial charge in [0.15, 0.2) is 5.78 Å². The average molecular weight is 218 g/mol. The second-order valence-corrected chi connectivity index (χ2v) is 3.45. The van der Waals surface area contributed by atoms with Crippen LogP contribution in [-0.4, -0.2) is 17.9 Å². The molecule has 1 aromatic carbocycles. The molecule has 0 aliphatic carbocycles. The summed E-state index contributed by atoms with van der Waals surface area (Å²) in [4.78, 5) is 22.2. The van der Waals surface area contributed by atoms with Crippen LogP contribution in [0.25, 0.3) is 0 Å². The first-order valence-corrected chi connectivity index (χ1v) is 5.04. The van der Waals surface area contributed by atoms with Gasteiger partial charge in [-0.2, -0.15) is 0 Å². The third-order valence-corrected chi connectivity index (χ3v) is 1.90. The zero-order chi connectivity index (χ0) is 12.0. The Bertz CT molecular complexity index is 393. The van der Waals surface area contributed by atoms with Crippen molar-refractivity contribution in [1.29, 1.82) is 0 Å². The van der Waals surface area contributed by atoms with Gasteiger partial charge in [0.1, 0.15) is 6.10 Å². The minimum absolute atomic E-state index is 0.0670. The number of benzene rings is 1. The predicted molar refractivity (Wildman–Crippen MR) is 61.1 cm³/mol. The summed E-state index contributed by atoms with van der Waals surface area (Å²) in [5.41, 5.74) is 0.505. The number of rotatable bonds is 4. The number of ether oxygens (including phenoxy) is 1. The van der Waals surface area contributed by atoms with Gasteiger partial charge in [-0.1, -0.05) is 18.2 Å². The standard InChI is InChI=1S/C13H14O3/c1-10(14)8-9-11(2)16-13(15)12-6-4-3-5-7-12/h3-9,11H,1-2H3/b9-8-. The Morgan fingerprint density at radius 2 is 1.88 bits per heavy atom. The first kappa shape index (κ1) is 12.2. The molecule has 0 saturated heterocycles. The van der Waals surface area contributed by atoms with Crippen LogP contribution >= 0.6 is 0 Å². The molecule has 0 spiro atoms. The monoisotopic (exact) mass is 218 g/mol. The van der Waals surface area contributed by atoms with E-state index in [9.17, 15) is 9.59 Å². The molecule has 0 radical (unpaired) electrons. The maximum Gasteiger partial charge on any atom is 0.338 e. The Morgan fingerprint density at radius 1 is 1.25 bits per heavy atom. The highest BCUT2D eigenvalue weighted by Crippen LogP contribution is 2.04. The van der Waals surface area contributed by atoms with Gasteiger partial charge in [-0.15, -0.1) is 0 Å². The van der Waals surface area contributed by atoms with Gasteiger partial charge in [0, 0.05) is 0 Å². The number of esters is 1. The van der Waals surface area contributed by atoms with E-state index in [-0.39, 0.29) is 11.8 Å². The number of ketones is 1. The highest BCUT2D eigenvalue weighted by Gasteiger charge is 2.08. The summed E-state index contributed by atoms with van der Waals surface area (Å²) < 4.78 is 5.11. The van der Waals surface area contributed by atoms with E-state index in [1.807, 2.05) is 6.07 Å². The van der Waals surface area contributed by atoms with Crippen molar-refractivity contribution in [1.82, 2.24) is 0 Å². The van der Waals surface area contributed by atoms with Crippen molar-refractivity contribution in [3.63, 3.8) is 0 Å². The van der Waals surface area contributed by atoms with Crippen molar-refractivity contribution < 1.29 is 14.3 Å². The van der Waals surface area contributed by atoms with Crippen molar-refractivity contribution in [3.05, 3.63) is 48.0 Å². The molecule has 0 amide bonds. The Balaban J connectivity index is 2.55. The van der Waals surface area contributed by atoms with Crippen molar-refractivity contribution in [2.75, 3.05) is 0 Å². The molecule has 0 heterocycles. The van der Waals surface area contributed by atoms with Crippen LogP contribution in [0.15, 0.2) is 42.5 Å². The Hall–Kier alpha value is -1.90. The molecule has 0 aliphatic rings. The molecule has 0 bridgehead atoms. The minimum atomic E-state index is -0.406. The lowest BCUT2D eigenvalue weighted by Gasteiger charge is -2.08. The van der Waals surface area contributed by atoms with Crippen LogP contribution in [-0.2, 0) is 9.53 Å². The summed E-state index contributed by atoms with van der Waals surface area (Å²) in [6.07, 6.45) is 2.54. The summed E-state index contributed by atoms with van der Waals surface area (Å²) in [7, 11) is 0. The molecule has 0 N–H and O–H groups in total. The minimum Gasteiger partial charge on any atom is -0.455 e. The normalized spacial score (nSPS) is 12.4. The third-order valence-electron chi connectivity index (χ3n) is 1.90. The second kappa shape index (κ2) is 5.85. The van der Waals surface area contributed by atoms with Gasteiger partial charge in [0.2, 0.25) is 0 Å². The lowest BCUT2D eigenvalue weighted by molar-refractivity contribution is -0.112. The molecule has 3 nitrogen and oxygen atoms in total. The van der Waals surface area contributed by atoms with Crippen LogP contribution in [0.2, 0.25) is 0 Å². The van der Waals surface area contributed by atoms with Gasteiger partial charge in [0.25, 0.3) is 0 Å². The van der Waals surface area contributed by atoms with Crippen LogP contribution in [0.1, 0.15) is 24.2 Å². The van der Waals surface area contributed by atoms with Crippen molar-refractivity contribution in [2.45, 2.75) is 20.0 Å². The van der Waals surface area contributed by atoms with Gasteiger partial charge < -0.3 is 4.74 Å². The summed E-state index contributed by atoms with van der Waals surface area (Å²) in [6, 6.07) is 8.74. The van der Waals surface area contributed by atoms with E-state index in [2.05, 4.69) is 0 Å². The van der Waals surface area contributed by atoms with E-state index in [4.69, 9.17) is 4.74 Å². The largest absolute Gasteiger partial charge is 0.455 e. The maximum atomic E-state index is 11.6. The van der Waals surface area contributed by atoms with Crippen LogP contribution in [0, 0.1) is 0 Å². The highest BCUT2D eigenvalue weighted by molar-refractivity contribution is 5.90. The van der Waals surface area contributed by atoms with E-state index in [1.165, 1.54) is 13.0 Å². The van der Waals surface area contributed by atoms with E-state index >= 15 is 0 Å². The van der Waals surface area contributed by atoms with E-state index < -0.39 is 6.10 Å². The fourth-order valence-electron chi connectivity index (χ4n) is 1.12. The molecule has 0 fully saturated rings. The van der Waals surface area contributed by atoms with Gasteiger partial charge in [-0.25, -0.2) is 4.79 Å². The van der Waals surface area contributed by atoms with Crippen LogP contribution in [0.3, 0.4) is 0 Å². The fourth-order valence-corrected chi connectivity index (χ4v) is 1.12. The van der Waals surface area contributed by atoms with Gasteiger partial charge in [-0.05, 0) is 38.1 Å². The lowest BCUT2D eigenvalue weighted by Crippen LogP contribution is -2.12. The lowest BCUT2D eigenvalue weighted by atomic mass is 10.2. The summed E-state index contributed by atoms with van der Waals surface area (Å²) in [5.74, 6) is -0.455. The number of hydrogen-bond donors (Lipinski definition) is 0. The van der Waals surface area contributed by atoms with Crippen LogP contribution in [0.4, 0.5) is 0 Å². The summed E-state index contributed by atoms with van der Waals surface area (Å²) in [5, 5.41) is 0. The fraction of sp³-hybridized carbons (Fsp3) is 0.231. The van der Waals surface area contributed by atoms with Crippen molar-refractivity contribution >= 4 is 11.8 Å². The molecule has 16 heavy (non-hydrogen) atoms. The molecule has 84 valence electrons. The summed E-state index contributed by atoms with van der Waals surface area (Å²) in [6.45, 7) is 3.16. The van der Waals surface area contributed by atoms with Crippen LogP contribution in [0.5, 0.6) is 0 Å². The predicted octanol–water partition coefficient (Wildman–Crippen LogP) is 2.38. The maximum absolute atomic E-state index is 11.6. The molecule has 0 aliphatic heterocycles. The quantitative estimate of drug-likeness (QED) is 0.575. The zero-order valence-corrected chi connectivity index (χ0v) is 9.34. The Morgan fingerprint density at radius 3 is 2.44 bits per heavy atom. The molecule has 1 atom stereocenters. The molecule has 1 aromatic rings. The third kappa shape index (κ3) is 4.09. The second-order valence-electron chi connectivity index (χ2n) is 3.45. The Kier molecular flexibility index (Phi) is 4.45. The smallest absolute Gasteiger partial charge is 0.338 e. The van der Waals surface area contributed by atoms with E-state index in [0.717, 1.165) is 0 Å². The Labute approximate surface area is 94.7 Å². The average Bonchev–Trinajstić information content (AvgIpc) is 2.27. The molecular weight excluding hydrogens is 204 g/mol. The molecule has 1 rings (SSSR count). The molecular formula is C13H14O3. The van der Waals surface area contributed by atoms with Gasteiger partial charge in [0.05, 0.1) is 5.56 Å².